The van der Waals surface area contributed by atoms with Gasteiger partial charge in [0.2, 0.25) is 0 Å². The van der Waals surface area contributed by atoms with E-state index in [-0.39, 0.29) is 5.91 Å². The number of carbonyl (C=O) groups excluding carboxylic acids is 2. The molecule has 0 saturated carbocycles. The van der Waals surface area contributed by atoms with Gasteiger partial charge in [0.25, 0.3) is 11.7 Å². The van der Waals surface area contributed by atoms with Crippen LogP contribution >= 0.6 is 0 Å². The zero-order chi connectivity index (χ0) is 25.4. The van der Waals surface area contributed by atoms with Crippen LogP contribution in [0.4, 0.5) is 16.3 Å². The zero-order valence-electron chi connectivity index (χ0n) is 20.9. The van der Waals surface area contributed by atoms with Crippen LogP contribution in [-0.4, -0.2) is 68.3 Å². The van der Waals surface area contributed by atoms with Crippen molar-refractivity contribution in [3.63, 3.8) is 0 Å². The molecule has 5 rings (SSSR count). The molecule has 186 valence electrons. The number of nitrogens with zero attached hydrogens (tertiary/aromatic N) is 6. The number of aryl methyl sites for hydroxylation is 1. The second kappa shape index (κ2) is 9.10. The molecule has 0 spiro atoms. The summed E-state index contributed by atoms with van der Waals surface area (Å²) < 4.78 is 7.15. The van der Waals surface area contributed by atoms with Crippen LogP contribution in [0.25, 0.3) is 16.6 Å². The van der Waals surface area contributed by atoms with E-state index in [1.807, 2.05) is 54.3 Å². The normalized spacial score (nSPS) is 14.3. The van der Waals surface area contributed by atoms with Crippen LogP contribution in [0, 0.1) is 6.92 Å². The molecule has 1 aliphatic heterocycles. The lowest BCUT2D eigenvalue weighted by Crippen LogP contribution is -2.49. The molecule has 3 heterocycles. The molecular weight excluding hydrogens is 458 g/mol. The number of hydrogen-bond acceptors (Lipinski definition) is 7. The molecule has 2 amide bonds. The minimum atomic E-state index is -0.651. The summed E-state index contributed by atoms with van der Waals surface area (Å²) in [6.07, 6.45) is 0.894. The van der Waals surface area contributed by atoms with Gasteiger partial charge < -0.3 is 14.5 Å². The molecule has 1 N–H and O–H groups in total. The van der Waals surface area contributed by atoms with Crippen molar-refractivity contribution < 1.29 is 14.3 Å². The molecule has 1 fully saturated rings. The molecule has 10 nitrogen and oxygen atoms in total. The molecule has 2 aromatic carbocycles. The third-order valence-corrected chi connectivity index (χ3v) is 6.00. The molecule has 0 bridgehead atoms. The van der Waals surface area contributed by atoms with Crippen molar-refractivity contribution in [2.75, 3.05) is 36.4 Å². The Hall–Kier alpha value is -4.21. The van der Waals surface area contributed by atoms with Crippen LogP contribution in [0.1, 0.15) is 36.8 Å². The van der Waals surface area contributed by atoms with Gasteiger partial charge in [0.05, 0.1) is 11.3 Å². The number of aromatic nitrogens is 4. The predicted molar refractivity (Wildman–Crippen MR) is 137 cm³/mol. The third kappa shape index (κ3) is 4.79. The highest BCUT2D eigenvalue weighted by atomic mass is 16.6. The number of piperazine rings is 1. The average molecular weight is 488 g/mol. The maximum atomic E-state index is 13.7. The summed E-state index contributed by atoms with van der Waals surface area (Å²) in [6.45, 7) is 9.64. The number of rotatable bonds is 3. The second-order valence-electron chi connectivity index (χ2n) is 9.88. The highest BCUT2D eigenvalue weighted by molar-refractivity contribution is 6.07. The molecule has 2 aromatic heterocycles. The Balaban J connectivity index is 1.38. The Morgan fingerprint density at radius 3 is 2.39 bits per heavy atom. The van der Waals surface area contributed by atoms with Gasteiger partial charge >= 0.3 is 6.09 Å². The standard InChI is InChI=1S/C26H29N7O3/c1-17-13-22(33-24(29-17)27-16-28-33)31-9-11-32(12-10-31)23(34)20-14-18-7-5-6-8-19(18)15-21(20)30-25(35)36-26(2,3)4/h5-8,13-16H,9-12H2,1-4H3,(H,30,35). The van der Waals surface area contributed by atoms with Crippen LogP contribution in [-0.2, 0) is 4.74 Å². The Labute approximate surface area is 208 Å². The van der Waals surface area contributed by atoms with Crippen LogP contribution < -0.4 is 10.2 Å². The maximum Gasteiger partial charge on any atom is 0.412 e. The van der Waals surface area contributed by atoms with Crippen molar-refractivity contribution in [2.45, 2.75) is 33.3 Å². The number of amides is 2. The number of anilines is 2. The van der Waals surface area contributed by atoms with E-state index in [0.29, 0.717) is 43.2 Å². The molecule has 10 heteroatoms. The largest absolute Gasteiger partial charge is 0.444 e. The van der Waals surface area contributed by atoms with Crippen molar-refractivity contribution in [1.29, 1.82) is 0 Å². The quantitative estimate of drug-likeness (QED) is 0.467. The first-order valence-electron chi connectivity index (χ1n) is 11.9. The predicted octanol–water partition coefficient (Wildman–Crippen LogP) is 3.90. The second-order valence-corrected chi connectivity index (χ2v) is 9.88. The van der Waals surface area contributed by atoms with Crippen molar-refractivity contribution in [3.05, 3.63) is 60.0 Å². The first kappa shape index (κ1) is 23.5. The summed E-state index contributed by atoms with van der Waals surface area (Å²) in [6, 6.07) is 13.4. The fourth-order valence-corrected chi connectivity index (χ4v) is 4.38. The van der Waals surface area contributed by atoms with Gasteiger partial charge in [-0.2, -0.15) is 14.6 Å². The first-order valence-corrected chi connectivity index (χ1v) is 11.9. The summed E-state index contributed by atoms with van der Waals surface area (Å²) in [5, 5.41) is 8.94. The molecular formula is C26H29N7O3. The zero-order valence-corrected chi connectivity index (χ0v) is 20.9. The van der Waals surface area contributed by atoms with Crippen LogP contribution in [0.3, 0.4) is 0 Å². The van der Waals surface area contributed by atoms with E-state index in [9.17, 15) is 9.59 Å². The van der Waals surface area contributed by atoms with E-state index < -0.39 is 11.7 Å². The van der Waals surface area contributed by atoms with Crippen molar-refractivity contribution in [2.24, 2.45) is 0 Å². The lowest BCUT2D eigenvalue weighted by atomic mass is 10.0. The summed E-state index contributed by atoms with van der Waals surface area (Å²) in [4.78, 5) is 38.8. The Morgan fingerprint density at radius 1 is 1.00 bits per heavy atom. The molecule has 0 atom stereocenters. The van der Waals surface area contributed by atoms with Gasteiger partial charge in [0, 0.05) is 37.9 Å². The van der Waals surface area contributed by atoms with E-state index in [4.69, 9.17) is 4.74 Å². The lowest BCUT2D eigenvalue weighted by molar-refractivity contribution is 0.0636. The monoisotopic (exact) mass is 487 g/mol. The van der Waals surface area contributed by atoms with Gasteiger partial charge in [0.15, 0.2) is 0 Å². The smallest absolute Gasteiger partial charge is 0.412 e. The highest BCUT2D eigenvalue weighted by Crippen LogP contribution is 2.27. The SMILES string of the molecule is Cc1cc(N2CCN(C(=O)c3cc4ccccc4cc3NC(=O)OC(C)(C)C)CC2)n2ncnc2n1. The molecule has 0 unspecified atom stereocenters. The van der Waals surface area contributed by atoms with Crippen molar-refractivity contribution >= 4 is 40.1 Å². The number of fused-ring (bicyclic) bond motifs is 2. The number of nitrogens with one attached hydrogen (secondary N) is 1. The third-order valence-electron chi connectivity index (χ3n) is 6.00. The summed E-state index contributed by atoms with van der Waals surface area (Å²) in [5.41, 5.74) is 1.08. The first-order chi connectivity index (χ1) is 17.2. The molecule has 1 saturated heterocycles. The number of hydrogen-bond donors (Lipinski definition) is 1. The van der Waals surface area contributed by atoms with Crippen LogP contribution in [0.5, 0.6) is 0 Å². The molecule has 36 heavy (non-hydrogen) atoms. The highest BCUT2D eigenvalue weighted by Gasteiger charge is 2.27. The van der Waals surface area contributed by atoms with E-state index in [2.05, 4.69) is 25.3 Å². The summed E-state index contributed by atoms with van der Waals surface area (Å²) in [7, 11) is 0. The molecule has 4 aromatic rings. The summed E-state index contributed by atoms with van der Waals surface area (Å²) in [5.74, 6) is 1.32. The van der Waals surface area contributed by atoms with Crippen LogP contribution in [0.15, 0.2) is 48.8 Å². The van der Waals surface area contributed by atoms with Gasteiger partial charge in [-0.05, 0) is 50.6 Å². The molecule has 1 aliphatic rings. The fourth-order valence-electron chi connectivity index (χ4n) is 4.38. The van der Waals surface area contributed by atoms with Crippen molar-refractivity contribution in [3.8, 4) is 0 Å². The molecule has 0 aliphatic carbocycles. The Morgan fingerprint density at radius 2 is 1.69 bits per heavy atom. The Kier molecular flexibility index (Phi) is 5.95. The number of benzene rings is 2. The fraction of sp³-hybridized carbons (Fsp3) is 0.346. The maximum absolute atomic E-state index is 13.7. The minimum Gasteiger partial charge on any atom is -0.444 e. The van der Waals surface area contributed by atoms with Gasteiger partial charge in [-0.3, -0.25) is 10.1 Å². The minimum absolute atomic E-state index is 0.136. The van der Waals surface area contributed by atoms with Gasteiger partial charge in [-0.15, -0.1) is 0 Å². The topological polar surface area (TPSA) is 105 Å². The van der Waals surface area contributed by atoms with E-state index >= 15 is 0 Å². The Bertz CT molecular complexity index is 1450. The van der Waals surface area contributed by atoms with E-state index in [1.54, 1.807) is 25.3 Å². The molecule has 0 radical (unpaired) electrons. The summed E-state index contributed by atoms with van der Waals surface area (Å²) >= 11 is 0. The van der Waals surface area contributed by atoms with Gasteiger partial charge in [-0.1, -0.05) is 24.3 Å². The van der Waals surface area contributed by atoms with Gasteiger partial charge in [0.1, 0.15) is 17.7 Å². The van der Waals surface area contributed by atoms with E-state index in [0.717, 1.165) is 22.3 Å². The lowest BCUT2D eigenvalue weighted by Gasteiger charge is -2.36. The average Bonchev–Trinajstić information content (AvgIpc) is 3.30. The van der Waals surface area contributed by atoms with Crippen molar-refractivity contribution in [1.82, 2.24) is 24.5 Å². The van der Waals surface area contributed by atoms with Gasteiger partial charge in [-0.25, -0.2) is 9.78 Å². The number of carbonyl (C=O) groups is 2. The number of ether oxygens (including phenoxy) is 1. The van der Waals surface area contributed by atoms with Crippen LogP contribution in [0.2, 0.25) is 0 Å². The van der Waals surface area contributed by atoms with E-state index in [1.165, 1.54) is 6.33 Å².